The van der Waals surface area contributed by atoms with Crippen LogP contribution in [0, 0.1) is 6.92 Å². The summed E-state index contributed by atoms with van der Waals surface area (Å²) in [6.45, 7) is 3.43. The van der Waals surface area contributed by atoms with Crippen molar-refractivity contribution >= 4 is 33.3 Å². The molecule has 0 saturated carbocycles. The molecule has 19 heavy (non-hydrogen) atoms. The smallest absolute Gasteiger partial charge is 0.346 e. The SMILES string of the molecule is CNCCN(C)c1ncnc2sc(C(=O)O)c(C)c12. The fourth-order valence-electron chi connectivity index (χ4n) is 1.93. The Hall–Kier alpha value is -1.73. The van der Waals surface area contributed by atoms with E-state index in [0.717, 1.165) is 34.7 Å². The molecular weight excluding hydrogens is 264 g/mol. The van der Waals surface area contributed by atoms with Crippen LogP contribution >= 0.6 is 11.3 Å². The molecule has 0 bridgehead atoms. The third-order valence-electron chi connectivity index (χ3n) is 2.96. The van der Waals surface area contributed by atoms with Gasteiger partial charge in [0.05, 0.1) is 5.39 Å². The van der Waals surface area contributed by atoms with Crippen LogP contribution < -0.4 is 10.2 Å². The minimum atomic E-state index is -0.913. The van der Waals surface area contributed by atoms with Gasteiger partial charge in [0.2, 0.25) is 0 Å². The van der Waals surface area contributed by atoms with E-state index in [2.05, 4.69) is 15.3 Å². The second-order valence-corrected chi connectivity index (χ2v) is 5.26. The summed E-state index contributed by atoms with van der Waals surface area (Å²) in [5, 5.41) is 13.1. The van der Waals surface area contributed by atoms with E-state index in [-0.39, 0.29) is 0 Å². The van der Waals surface area contributed by atoms with E-state index < -0.39 is 5.97 Å². The molecule has 0 aliphatic heterocycles. The second-order valence-electron chi connectivity index (χ2n) is 4.26. The number of carboxylic acids is 1. The lowest BCUT2D eigenvalue weighted by atomic mass is 10.2. The maximum Gasteiger partial charge on any atom is 0.346 e. The van der Waals surface area contributed by atoms with Gasteiger partial charge in [0.1, 0.15) is 21.9 Å². The molecule has 0 aliphatic carbocycles. The molecule has 0 unspecified atom stereocenters. The van der Waals surface area contributed by atoms with Gasteiger partial charge < -0.3 is 15.3 Å². The lowest BCUT2D eigenvalue weighted by Crippen LogP contribution is -2.27. The van der Waals surface area contributed by atoms with Crippen LogP contribution in [0.3, 0.4) is 0 Å². The Morgan fingerprint density at radius 2 is 2.26 bits per heavy atom. The number of hydrogen-bond donors (Lipinski definition) is 2. The molecular formula is C12H16N4O2S. The molecule has 7 heteroatoms. The number of aromatic nitrogens is 2. The minimum absolute atomic E-state index is 0.332. The zero-order chi connectivity index (χ0) is 14.0. The van der Waals surface area contributed by atoms with Gasteiger partial charge in [0, 0.05) is 20.1 Å². The molecule has 2 aromatic heterocycles. The monoisotopic (exact) mass is 280 g/mol. The lowest BCUT2D eigenvalue weighted by Gasteiger charge is -2.18. The molecule has 0 atom stereocenters. The van der Waals surface area contributed by atoms with Crippen molar-refractivity contribution in [1.29, 1.82) is 0 Å². The molecule has 0 spiro atoms. The van der Waals surface area contributed by atoms with Crippen LogP contribution in [-0.2, 0) is 0 Å². The average molecular weight is 280 g/mol. The molecule has 2 aromatic rings. The minimum Gasteiger partial charge on any atom is -0.477 e. The maximum atomic E-state index is 11.2. The molecule has 2 heterocycles. The van der Waals surface area contributed by atoms with Crippen molar-refractivity contribution in [3.05, 3.63) is 16.8 Å². The van der Waals surface area contributed by atoms with E-state index in [0.29, 0.717) is 4.88 Å². The predicted octanol–water partition coefficient (Wildman–Crippen LogP) is 1.35. The van der Waals surface area contributed by atoms with Crippen LogP contribution in [-0.4, -0.2) is 48.2 Å². The summed E-state index contributed by atoms with van der Waals surface area (Å²) in [6.07, 6.45) is 1.48. The number of aromatic carboxylic acids is 1. The van der Waals surface area contributed by atoms with E-state index >= 15 is 0 Å². The highest BCUT2D eigenvalue weighted by Crippen LogP contribution is 2.34. The van der Waals surface area contributed by atoms with Gasteiger partial charge in [-0.05, 0) is 19.5 Å². The largest absolute Gasteiger partial charge is 0.477 e. The molecule has 6 nitrogen and oxygen atoms in total. The fourth-order valence-corrected chi connectivity index (χ4v) is 2.91. The number of carbonyl (C=O) groups is 1. The Kier molecular flexibility index (Phi) is 3.96. The summed E-state index contributed by atoms with van der Waals surface area (Å²) in [5.74, 6) is -0.133. The number of nitrogens with one attached hydrogen (secondary N) is 1. The zero-order valence-electron chi connectivity index (χ0n) is 11.1. The molecule has 2 rings (SSSR count). The summed E-state index contributed by atoms with van der Waals surface area (Å²) in [4.78, 5) is 22.7. The van der Waals surface area contributed by atoms with E-state index in [1.165, 1.54) is 17.7 Å². The molecule has 0 saturated heterocycles. The van der Waals surface area contributed by atoms with Crippen LogP contribution in [0.25, 0.3) is 10.2 Å². The van der Waals surface area contributed by atoms with Gasteiger partial charge in [-0.3, -0.25) is 0 Å². The van der Waals surface area contributed by atoms with Crippen molar-refractivity contribution in [2.75, 3.05) is 32.1 Å². The number of carboxylic acid groups (broad SMARTS) is 1. The number of aryl methyl sites for hydroxylation is 1. The number of nitrogens with zero attached hydrogens (tertiary/aromatic N) is 3. The summed E-state index contributed by atoms with van der Waals surface area (Å²) in [6, 6.07) is 0. The first-order valence-electron chi connectivity index (χ1n) is 5.89. The van der Waals surface area contributed by atoms with Crippen LogP contribution in [0.5, 0.6) is 0 Å². The summed E-state index contributed by atoms with van der Waals surface area (Å²) in [7, 11) is 3.83. The van der Waals surface area contributed by atoms with Gasteiger partial charge in [-0.1, -0.05) is 0 Å². The first-order chi connectivity index (χ1) is 9.06. The van der Waals surface area contributed by atoms with Gasteiger partial charge in [-0.25, -0.2) is 14.8 Å². The second kappa shape index (κ2) is 5.50. The Morgan fingerprint density at radius 1 is 1.53 bits per heavy atom. The van der Waals surface area contributed by atoms with Crippen LogP contribution in [0.1, 0.15) is 15.2 Å². The highest BCUT2D eigenvalue weighted by molar-refractivity contribution is 7.20. The van der Waals surface area contributed by atoms with E-state index in [1.54, 1.807) is 6.92 Å². The number of rotatable bonds is 5. The van der Waals surface area contributed by atoms with Crippen LogP contribution in [0.2, 0.25) is 0 Å². The Bertz CT molecular complexity index is 611. The molecule has 2 N–H and O–H groups in total. The molecule has 0 aliphatic rings. The lowest BCUT2D eigenvalue weighted by molar-refractivity contribution is 0.0701. The highest BCUT2D eigenvalue weighted by Gasteiger charge is 2.19. The number of thiophene rings is 1. The fraction of sp³-hybridized carbons (Fsp3) is 0.417. The van der Waals surface area contributed by atoms with Crippen LogP contribution in [0.4, 0.5) is 5.82 Å². The third-order valence-corrected chi connectivity index (χ3v) is 4.15. The van der Waals surface area contributed by atoms with E-state index in [4.69, 9.17) is 0 Å². The Morgan fingerprint density at radius 3 is 2.89 bits per heavy atom. The highest BCUT2D eigenvalue weighted by atomic mass is 32.1. The van der Waals surface area contributed by atoms with Gasteiger partial charge >= 0.3 is 5.97 Å². The van der Waals surface area contributed by atoms with Gasteiger partial charge in [0.25, 0.3) is 0 Å². The number of likely N-dealkylation sites (N-methyl/N-ethyl adjacent to an activating group) is 2. The summed E-state index contributed by atoms with van der Waals surface area (Å²) in [5.41, 5.74) is 0.736. The zero-order valence-corrected chi connectivity index (χ0v) is 11.9. The molecule has 0 fully saturated rings. The first-order valence-corrected chi connectivity index (χ1v) is 6.71. The Labute approximate surface area is 115 Å². The summed E-state index contributed by atoms with van der Waals surface area (Å²) >= 11 is 1.19. The van der Waals surface area contributed by atoms with Gasteiger partial charge in [-0.2, -0.15) is 0 Å². The topological polar surface area (TPSA) is 78.3 Å². The van der Waals surface area contributed by atoms with E-state index in [9.17, 15) is 9.90 Å². The average Bonchev–Trinajstić information content (AvgIpc) is 2.73. The maximum absolute atomic E-state index is 11.2. The van der Waals surface area contributed by atoms with Gasteiger partial charge in [0.15, 0.2) is 0 Å². The molecule has 102 valence electrons. The first kappa shape index (κ1) is 13.7. The van der Waals surface area contributed by atoms with Crippen molar-refractivity contribution < 1.29 is 9.90 Å². The summed E-state index contributed by atoms with van der Waals surface area (Å²) < 4.78 is 0. The van der Waals surface area contributed by atoms with Gasteiger partial charge in [-0.15, -0.1) is 11.3 Å². The quantitative estimate of drug-likeness (QED) is 0.861. The van der Waals surface area contributed by atoms with Crippen molar-refractivity contribution in [3.63, 3.8) is 0 Å². The number of anilines is 1. The number of fused-ring (bicyclic) bond motifs is 1. The normalized spacial score (nSPS) is 10.9. The molecule has 0 amide bonds. The van der Waals surface area contributed by atoms with Crippen molar-refractivity contribution in [3.8, 4) is 0 Å². The molecule has 0 radical (unpaired) electrons. The van der Waals surface area contributed by atoms with Crippen molar-refractivity contribution in [1.82, 2.24) is 15.3 Å². The number of hydrogen-bond acceptors (Lipinski definition) is 6. The van der Waals surface area contributed by atoms with E-state index in [1.807, 2.05) is 19.0 Å². The molecule has 0 aromatic carbocycles. The standard InChI is InChI=1S/C12H16N4O2S/c1-7-8-10(16(3)5-4-13-2)14-6-15-11(8)19-9(7)12(17)18/h6,13H,4-5H2,1-3H3,(H,17,18). The van der Waals surface area contributed by atoms with Crippen molar-refractivity contribution in [2.45, 2.75) is 6.92 Å². The third kappa shape index (κ3) is 2.52. The Balaban J connectivity index is 2.53. The van der Waals surface area contributed by atoms with Crippen LogP contribution in [0.15, 0.2) is 6.33 Å². The van der Waals surface area contributed by atoms with Crippen molar-refractivity contribution in [2.24, 2.45) is 0 Å². The predicted molar refractivity (Wildman–Crippen MR) is 76.3 cm³/mol.